The van der Waals surface area contributed by atoms with Crippen LogP contribution in [-0.2, 0) is 6.42 Å². The summed E-state index contributed by atoms with van der Waals surface area (Å²) in [4.78, 5) is 8.27. The third kappa shape index (κ3) is 2.95. The SMILES string of the molecule is Cc1ccc(Cc2noc(-c3ccnc(C#N)c3)n2)cc1. The van der Waals surface area contributed by atoms with Gasteiger partial charge in [0, 0.05) is 18.2 Å². The molecule has 0 N–H and O–H groups in total. The molecule has 0 radical (unpaired) electrons. The first-order valence-corrected chi connectivity index (χ1v) is 6.49. The largest absolute Gasteiger partial charge is 0.334 e. The smallest absolute Gasteiger partial charge is 0.258 e. The normalized spacial score (nSPS) is 10.3. The monoisotopic (exact) mass is 276 g/mol. The summed E-state index contributed by atoms with van der Waals surface area (Å²) in [6.45, 7) is 2.05. The molecule has 2 heterocycles. The number of benzene rings is 1. The van der Waals surface area contributed by atoms with Crippen LogP contribution in [-0.4, -0.2) is 15.1 Å². The lowest BCUT2D eigenvalue weighted by Gasteiger charge is -1.97. The number of rotatable bonds is 3. The van der Waals surface area contributed by atoms with E-state index < -0.39 is 0 Å². The van der Waals surface area contributed by atoms with Gasteiger partial charge in [-0.15, -0.1) is 0 Å². The summed E-state index contributed by atoms with van der Waals surface area (Å²) >= 11 is 0. The first kappa shape index (κ1) is 13.0. The van der Waals surface area contributed by atoms with E-state index in [4.69, 9.17) is 9.78 Å². The summed E-state index contributed by atoms with van der Waals surface area (Å²) < 4.78 is 5.25. The molecule has 3 rings (SSSR count). The molecule has 0 aliphatic rings. The van der Waals surface area contributed by atoms with E-state index in [1.165, 1.54) is 5.56 Å². The van der Waals surface area contributed by atoms with E-state index in [0.29, 0.717) is 29.4 Å². The van der Waals surface area contributed by atoms with Crippen molar-refractivity contribution in [2.45, 2.75) is 13.3 Å². The van der Waals surface area contributed by atoms with Crippen LogP contribution in [0.25, 0.3) is 11.5 Å². The van der Waals surface area contributed by atoms with Crippen LogP contribution in [0.5, 0.6) is 0 Å². The number of aromatic nitrogens is 3. The van der Waals surface area contributed by atoms with Crippen LogP contribution in [0.4, 0.5) is 0 Å². The van der Waals surface area contributed by atoms with E-state index in [2.05, 4.69) is 27.3 Å². The van der Waals surface area contributed by atoms with Gasteiger partial charge >= 0.3 is 0 Å². The highest BCUT2D eigenvalue weighted by atomic mass is 16.5. The molecule has 0 aliphatic carbocycles. The lowest BCUT2D eigenvalue weighted by molar-refractivity contribution is 0.424. The lowest BCUT2D eigenvalue weighted by atomic mass is 10.1. The topological polar surface area (TPSA) is 75.6 Å². The molecule has 3 aromatic rings. The summed E-state index contributed by atoms with van der Waals surface area (Å²) in [5.74, 6) is 1.01. The van der Waals surface area contributed by atoms with Gasteiger partial charge in [-0.05, 0) is 24.6 Å². The van der Waals surface area contributed by atoms with E-state index in [0.717, 1.165) is 5.56 Å². The van der Waals surface area contributed by atoms with Gasteiger partial charge in [0.25, 0.3) is 5.89 Å². The van der Waals surface area contributed by atoms with Gasteiger partial charge in [-0.25, -0.2) is 4.98 Å². The predicted molar refractivity (Wildman–Crippen MR) is 76.2 cm³/mol. The molecule has 1 aromatic carbocycles. The van der Waals surface area contributed by atoms with Crippen LogP contribution in [0.3, 0.4) is 0 Å². The molecule has 0 aliphatic heterocycles. The van der Waals surface area contributed by atoms with Crippen molar-refractivity contribution in [1.29, 1.82) is 5.26 Å². The first-order chi connectivity index (χ1) is 10.2. The van der Waals surface area contributed by atoms with E-state index >= 15 is 0 Å². The fraction of sp³-hybridized carbons (Fsp3) is 0.125. The second kappa shape index (κ2) is 5.55. The molecule has 2 aromatic heterocycles. The van der Waals surface area contributed by atoms with Gasteiger partial charge in [0.05, 0.1) is 0 Å². The van der Waals surface area contributed by atoms with Crippen molar-refractivity contribution in [2.24, 2.45) is 0 Å². The third-order valence-corrected chi connectivity index (χ3v) is 3.07. The predicted octanol–water partition coefficient (Wildman–Crippen LogP) is 2.90. The molecule has 0 bridgehead atoms. The summed E-state index contributed by atoms with van der Waals surface area (Å²) in [5.41, 5.74) is 3.36. The molecule has 0 saturated heterocycles. The van der Waals surface area contributed by atoms with Crippen LogP contribution in [0, 0.1) is 18.3 Å². The number of pyridine rings is 1. The standard InChI is InChI=1S/C16H12N4O/c1-11-2-4-12(5-3-11)8-15-19-16(21-20-15)13-6-7-18-14(9-13)10-17/h2-7,9H,8H2,1H3. The molecule has 5 heteroatoms. The van der Waals surface area contributed by atoms with Gasteiger partial charge in [-0.2, -0.15) is 10.2 Å². The quantitative estimate of drug-likeness (QED) is 0.735. The van der Waals surface area contributed by atoms with E-state index in [-0.39, 0.29) is 0 Å². The highest BCUT2D eigenvalue weighted by Gasteiger charge is 2.10. The summed E-state index contributed by atoms with van der Waals surface area (Å²) in [6.07, 6.45) is 2.16. The van der Waals surface area contributed by atoms with Crippen molar-refractivity contribution in [3.05, 3.63) is 65.2 Å². The molecular weight excluding hydrogens is 264 g/mol. The summed E-state index contributed by atoms with van der Waals surface area (Å²) in [7, 11) is 0. The summed E-state index contributed by atoms with van der Waals surface area (Å²) in [5, 5.41) is 12.8. The third-order valence-electron chi connectivity index (χ3n) is 3.07. The van der Waals surface area contributed by atoms with E-state index in [1.807, 2.05) is 25.1 Å². The number of aryl methyl sites for hydroxylation is 1. The van der Waals surface area contributed by atoms with Gasteiger partial charge in [0.2, 0.25) is 0 Å². The highest BCUT2D eigenvalue weighted by Crippen LogP contribution is 2.18. The zero-order chi connectivity index (χ0) is 14.7. The fourth-order valence-corrected chi connectivity index (χ4v) is 1.96. The van der Waals surface area contributed by atoms with E-state index in [9.17, 15) is 0 Å². The molecule has 0 unspecified atom stereocenters. The Balaban J connectivity index is 1.83. The highest BCUT2D eigenvalue weighted by molar-refractivity contribution is 5.54. The second-order valence-electron chi connectivity index (χ2n) is 4.72. The van der Waals surface area contributed by atoms with Crippen molar-refractivity contribution >= 4 is 0 Å². The fourth-order valence-electron chi connectivity index (χ4n) is 1.96. The van der Waals surface area contributed by atoms with Crippen LogP contribution in [0.1, 0.15) is 22.6 Å². The minimum Gasteiger partial charge on any atom is -0.334 e. The Morgan fingerprint density at radius 2 is 2.00 bits per heavy atom. The molecule has 0 fully saturated rings. The molecule has 102 valence electrons. The van der Waals surface area contributed by atoms with Crippen molar-refractivity contribution in [3.8, 4) is 17.5 Å². The molecule has 21 heavy (non-hydrogen) atoms. The maximum absolute atomic E-state index is 8.85. The Morgan fingerprint density at radius 3 is 2.76 bits per heavy atom. The van der Waals surface area contributed by atoms with Crippen LogP contribution in [0.2, 0.25) is 0 Å². The number of nitriles is 1. The van der Waals surface area contributed by atoms with Crippen LogP contribution in [0.15, 0.2) is 47.1 Å². The Hall–Kier alpha value is -3.00. The molecule has 5 nitrogen and oxygen atoms in total. The van der Waals surface area contributed by atoms with Gasteiger partial charge in [-0.1, -0.05) is 35.0 Å². The maximum atomic E-state index is 8.85. The van der Waals surface area contributed by atoms with Crippen molar-refractivity contribution in [3.63, 3.8) is 0 Å². The number of hydrogen-bond acceptors (Lipinski definition) is 5. The Morgan fingerprint density at radius 1 is 1.19 bits per heavy atom. The van der Waals surface area contributed by atoms with E-state index in [1.54, 1.807) is 18.3 Å². The molecule has 0 amide bonds. The van der Waals surface area contributed by atoms with Crippen molar-refractivity contribution in [2.75, 3.05) is 0 Å². The number of nitrogens with zero attached hydrogens (tertiary/aromatic N) is 4. The number of hydrogen-bond donors (Lipinski definition) is 0. The first-order valence-electron chi connectivity index (χ1n) is 6.49. The molecule has 0 spiro atoms. The van der Waals surface area contributed by atoms with Crippen molar-refractivity contribution in [1.82, 2.24) is 15.1 Å². The average molecular weight is 276 g/mol. The Kier molecular flexibility index (Phi) is 3.44. The minimum atomic E-state index is 0.325. The molecule has 0 atom stereocenters. The lowest BCUT2D eigenvalue weighted by Crippen LogP contribution is -1.91. The van der Waals surface area contributed by atoms with Gasteiger partial charge < -0.3 is 4.52 Å². The zero-order valence-electron chi connectivity index (χ0n) is 11.4. The zero-order valence-corrected chi connectivity index (χ0v) is 11.4. The van der Waals surface area contributed by atoms with Crippen LogP contribution < -0.4 is 0 Å². The van der Waals surface area contributed by atoms with Gasteiger partial charge in [0.15, 0.2) is 5.82 Å². The van der Waals surface area contributed by atoms with Gasteiger partial charge in [0.1, 0.15) is 11.8 Å². The van der Waals surface area contributed by atoms with Crippen molar-refractivity contribution < 1.29 is 4.52 Å². The Bertz CT molecular complexity index is 800. The summed E-state index contributed by atoms with van der Waals surface area (Å²) in [6, 6.07) is 13.6. The maximum Gasteiger partial charge on any atom is 0.258 e. The molecule has 0 saturated carbocycles. The second-order valence-corrected chi connectivity index (χ2v) is 4.72. The Labute approximate surface area is 121 Å². The van der Waals surface area contributed by atoms with Crippen LogP contribution >= 0.6 is 0 Å². The minimum absolute atomic E-state index is 0.325. The van der Waals surface area contributed by atoms with Gasteiger partial charge in [-0.3, -0.25) is 0 Å². The molecular formula is C16H12N4O. The average Bonchev–Trinajstić information content (AvgIpc) is 2.98.